The van der Waals surface area contributed by atoms with Gasteiger partial charge in [-0.2, -0.15) is 0 Å². The molecule has 2 rings (SSSR count). The standard InChI is InChI=1S/C16H16N2O3/c1-10-3-5-12(6-4-10)7-8-14(19)18-13-9-11(2)17-15(13)16(20)21/h3-9,17H,1-2H3,(H,18,19)(H,20,21)/b8-7+. The Labute approximate surface area is 122 Å². The SMILES string of the molecule is Cc1ccc(/C=C/C(=O)Nc2cc(C)[nH]c2C(=O)O)cc1. The van der Waals surface area contributed by atoms with Crippen LogP contribution in [0, 0.1) is 13.8 Å². The third-order valence-corrected chi connectivity index (χ3v) is 2.93. The van der Waals surface area contributed by atoms with Crippen molar-refractivity contribution in [2.75, 3.05) is 5.32 Å². The normalized spacial score (nSPS) is 10.8. The maximum Gasteiger partial charge on any atom is 0.354 e. The second-order valence-corrected chi connectivity index (χ2v) is 4.78. The largest absolute Gasteiger partial charge is 0.477 e. The summed E-state index contributed by atoms with van der Waals surface area (Å²) in [7, 11) is 0. The van der Waals surface area contributed by atoms with Crippen LogP contribution in [-0.4, -0.2) is 22.0 Å². The van der Waals surface area contributed by atoms with Crippen molar-refractivity contribution >= 4 is 23.6 Å². The molecule has 0 saturated carbocycles. The first kappa shape index (κ1) is 14.6. The number of aryl methyl sites for hydroxylation is 2. The van der Waals surface area contributed by atoms with Crippen molar-refractivity contribution in [3.05, 3.63) is 58.9 Å². The number of rotatable bonds is 4. The zero-order chi connectivity index (χ0) is 15.4. The minimum Gasteiger partial charge on any atom is -0.477 e. The first-order chi connectivity index (χ1) is 9.95. The predicted octanol–water partition coefficient (Wildman–Crippen LogP) is 2.98. The zero-order valence-corrected chi connectivity index (χ0v) is 11.8. The van der Waals surface area contributed by atoms with Gasteiger partial charge in [0.1, 0.15) is 5.69 Å². The van der Waals surface area contributed by atoms with E-state index in [0.717, 1.165) is 11.1 Å². The van der Waals surface area contributed by atoms with Crippen molar-refractivity contribution in [2.45, 2.75) is 13.8 Å². The van der Waals surface area contributed by atoms with Gasteiger partial charge in [0.15, 0.2) is 0 Å². The predicted molar refractivity (Wildman–Crippen MR) is 81.3 cm³/mol. The zero-order valence-electron chi connectivity index (χ0n) is 11.8. The van der Waals surface area contributed by atoms with E-state index in [9.17, 15) is 9.59 Å². The molecule has 2 aromatic rings. The van der Waals surface area contributed by atoms with Crippen LogP contribution in [0.2, 0.25) is 0 Å². The maximum atomic E-state index is 11.8. The Morgan fingerprint density at radius 2 is 1.86 bits per heavy atom. The summed E-state index contributed by atoms with van der Waals surface area (Å²) in [6, 6.07) is 9.30. The Morgan fingerprint density at radius 3 is 2.48 bits per heavy atom. The molecule has 5 nitrogen and oxygen atoms in total. The van der Waals surface area contributed by atoms with Gasteiger partial charge < -0.3 is 15.4 Å². The third-order valence-electron chi connectivity index (χ3n) is 2.93. The number of hydrogen-bond acceptors (Lipinski definition) is 2. The fourth-order valence-electron chi connectivity index (χ4n) is 1.88. The lowest BCUT2D eigenvalue weighted by Gasteiger charge is -2.00. The summed E-state index contributed by atoms with van der Waals surface area (Å²) in [5.74, 6) is -1.49. The molecule has 0 aliphatic carbocycles. The quantitative estimate of drug-likeness (QED) is 0.755. The summed E-state index contributed by atoms with van der Waals surface area (Å²) in [6.07, 6.45) is 3.05. The van der Waals surface area contributed by atoms with Gasteiger partial charge in [-0.25, -0.2) is 4.79 Å². The van der Waals surface area contributed by atoms with Gasteiger partial charge in [-0.1, -0.05) is 29.8 Å². The highest BCUT2D eigenvalue weighted by Crippen LogP contribution is 2.17. The number of hydrogen-bond donors (Lipinski definition) is 3. The Hall–Kier alpha value is -2.82. The average molecular weight is 284 g/mol. The number of amides is 1. The molecule has 1 amide bonds. The monoisotopic (exact) mass is 284 g/mol. The molecule has 0 radical (unpaired) electrons. The summed E-state index contributed by atoms with van der Waals surface area (Å²) >= 11 is 0. The number of aromatic nitrogens is 1. The first-order valence-electron chi connectivity index (χ1n) is 6.44. The van der Waals surface area contributed by atoms with E-state index in [2.05, 4.69) is 10.3 Å². The van der Waals surface area contributed by atoms with E-state index in [1.54, 1.807) is 19.1 Å². The fraction of sp³-hybridized carbons (Fsp3) is 0.125. The fourth-order valence-corrected chi connectivity index (χ4v) is 1.88. The van der Waals surface area contributed by atoms with E-state index in [-0.39, 0.29) is 17.3 Å². The molecule has 108 valence electrons. The van der Waals surface area contributed by atoms with Gasteiger partial charge in [0.2, 0.25) is 5.91 Å². The van der Waals surface area contributed by atoms with Gasteiger partial charge in [-0.3, -0.25) is 4.79 Å². The minimum atomic E-state index is -1.11. The third kappa shape index (κ3) is 3.82. The van der Waals surface area contributed by atoms with E-state index in [1.165, 1.54) is 6.08 Å². The second kappa shape index (κ2) is 6.09. The van der Waals surface area contributed by atoms with Crippen LogP contribution in [0.15, 0.2) is 36.4 Å². The molecule has 0 unspecified atom stereocenters. The smallest absolute Gasteiger partial charge is 0.354 e. The van der Waals surface area contributed by atoms with Crippen LogP contribution in [0.1, 0.15) is 27.3 Å². The molecule has 0 aliphatic rings. The van der Waals surface area contributed by atoms with Gasteiger partial charge in [-0.05, 0) is 31.6 Å². The molecule has 3 N–H and O–H groups in total. The van der Waals surface area contributed by atoms with Gasteiger partial charge in [-0.15, -0.1) is 0 Å². The number of aromatic carboxylic acids is 1. The average Bonchev–Trinajstić information content (AvgIpc) is 2.79. The molecule has 0 aliphatic heterocycles. The Bertz CT molecular complexity index is 697. The molecule has 1 aromatic carbocycles. The number of carboxylic acid groups (broad SMARTS) is 1. The molecule has 0 spiro atoms. The molecule has 21 heavy (non-hydrogen) atoms. The van der Waals surface area contributed by atoms with Crippen LogP contribution < -0.4 is 5.32 Å². The van der Waals surface area contributed by atoms with Gasteiger partial charge in [0.05, 0.1) is 5.69 Å². The van der Waals surface area contributed by atoms with Crippen LogP contribution >= 0.6 is 0 Å². The van der Waals surface area contributed by atoms with Gasteiger partial charge in [0, 0.05) is 11.8 Å². The number of anilines is 1. The first-order valence-corrected chi connectivity index (χ1v) is 6.44. The highest BCUT2D eigenvalue weighted by Gasteiger charge is 2.14. The second-order valence-electron chi connectivity index (χ2n) is 4.78. The van der Waals surface area contributed by atoms with Crippen molar-refractivity contribution in [1.29, 1.82) is 0 Å². The summed E-state index contributed by atoms with van der Waals surface area (Å²) in [5.41, 5.74) is 2.96. The van der Waals surface area contributed by atoms with Crippen molar-refractivity contribution in [3.63, 3.8) is 0 Å². The van der Waals surface area contributed by atoms with E-state index >= 15 is 0 Å². The van der Waals surface area contributed by atoms with Crippen LogP contribution in [-0.2, 0) is 4.79 Å². The number of nitrogens with one attached hydrogen (secondary N) is 2. The highest BCUT2D eigenvalue weighted by atomic mass is 16.4. The van der Waals surface area contributed by atoms with Crippen LogP contribution in [0.25, 0.3) is 6.08 Å². The summed E-state index contributed by atoms with van der Waals surface area (Å²) in [4.78, 5) is 25.6. The molecule has 0 atom stereocenters. The maximum absolute atomic E-state index is 11.8. The molecule has 1 aromatic heterocycles. The summed E-state index contributed by atoms with van der Waals surface area (Å²) in [5, 5.41) is 11.6. The number of carbonyl (C=O) groups is 2. The Kier molecular flexibility index (Phi) is 4.23. The Balaban J connectivity index is 2.08. The van der Waals surface area contributed by atoms with Gasteiger partial charge >= 0.3 is 5.97 Å². The molecular weight excluding hydrogens is 268 g/mol. The molecule has 5 heteroatoms. The summed E-state index contributed by atoms with van der Waals surface area (Å²) < 4.78 is 0. The number of H-pyrrole nitrogens is 1. The number of carboxylic acids is 1. The summed E-state index contributed by atoms with van der Waals surface area (Å²) in [6.45, 7) is 3.71. The van der Waals surface area contributed by atoms with Crippen LogP contribution in [0.3, 0.4) is 0 Å². The number of benzene rings is 1. The van der Waals surface area contributed by atoms with Crippen molar-refractivity contribution < 1.29 is 14.7 Å². The highest BCUT2D eigenvalue weighted by molar-refractivity contribution is 6.05. The van der Waals surface area contributed by atoms with Gasteiger partial charge in [0.25, 0.3) is 0 Å². The molecule has 1 heterocycles. The molecular formula is C16H16N2O3. The van der Waals surface area contributed by atoms with Crippen molar-refractivity contribution in [2.24, 2.45) is 0 Å². The van der Waals surface area contributed by atoms with Crippen LogP contribution in [0.5, 0.6) is 0 Å². The number of aromatic amines is 1. The molecule has 0 fully saturated rings. The van der Waals surface area contributed by atoms with Crippen LogP contribution in [0.4, 0.5) is 5.69 Å². The van der Waals surface area contributed by atoms with E-state index in [0.29, 0.717) is 5.69 Å². The lowest BCUT2D eigenvalue weighted by Crippen LogP contribution is -2.10. The van der Waals surface area contributed by atoms with Crippen molar-refractivity contribution in [3.8, 4) is 0 Å². The van der Waals surface area contributed by atoms with E-state index in [4.69, 9.17) is 5.11 Å². The molecule has 0 bridgehead atoms. The molecule has 0 saturated heterocycles. The van der Waals surface area contributed by atoms with E-state index < -0.39 is 5.97 Å². The lowest BCUT2D eigenvalue weighted by molar-refractivity contribution is -0.111. The Morgan fingerprint density at radius 1 is 1.19 bits per heavy atom. The number of carbonyl (C=O) groups excluding carboxylic acids is 1. The topological polar surface area (TPSA) is 82.2 Å². The van der Waals surface area contributed by atoms with E-state index in [1.807, 2.05) is 31.2 Å². The lowest BCUT2D eigenvalue weighted by atomic mass is 10.1. The minimum absolute atomic E-state index is 0.0235. The van der Waals surface area contributed by atoms with Crippen molar-refractivity contribution in [1.82, 2.24) is 4.98 Å².